The highest BCUT2D eigenvalue weighted by Crippen LogP contribution is 1.85. The minimum atomic E-state index is -0.889. The lowest BCUT2D eigenvalue weighted by molar-refractivity contribution is -0.140. The average molecular weight is 150 g/mol. The normalized spacial score (nSPS) is 12.7. The van der Waals surface area contributed by atoms with Crippen LogP contribution in [-0.4, -0.2) is 29.3 Å². The van der Waals surface area contributed by atoms with Crippen molar-refractivity contribution in [2.75, 3.05) is 19.1 Å². The molecular formula is C5H10O3S. The monoisotopic (exact) mass is 150 g/mol. The molecule has 0 aliphatic carbocycles. The number of hydrogen-bond donors (Lipinski definition) is 0. The number of carbonyl (C=O) groups excluding carboxylic acids is 1. The summed E-state index contributed by atoms with van der Waals surface area (Å²) in [4.78, 5) is 10.4. The fourth-order valence-corrected chi connectivity index (χ4v) is 0.783. The van der Waals surface area contributed by atoms with E-state index in [2.05, 4.69) is 4.74 Å². The number of methoxy groups -OCH3 is 1. The Labute approximate surface area is 56.8 Å². The van der Waals surface area contributed by atoms with Gasteiger partial charge in [0.25, 0.3) is 0 Å². The van der Waals surface area contributed by atoms with Crippen molar-refractivity contribution in [3.8, 4) is 0 Å². The molecule has 0 N–H and O–H groups in total. The Balaban J connectivity index is 3.28. The molecule has 0 rings (SSSR count). The molecule has 0 aromatic heterocycles. The Morgan fingerprint density at radius 1 is 1.67 bits per heavy atom. The van der Waals surface area contributed by atoms with E-state index >= 15 is 0 Å². The molecule has 0 aromatic carbocycles. The lowest BCUT2D eigenvalue weighted by Crippen LogP contribution is -2.05. The summed E-state index contributed by atoms with van der Waals surface area (Å²) in [5.74, 6) is 0.0948. The van der Waals surface area contributed by atoms with Crippen molar-refractivity contribution >= 4 is 16.8 Å². The molecule has 1 unspecified atom stereocenters. The predicted octanol–water partition coefficient (Wildman–Crippen LogP) is -0.0720. The van der Waals surface area contributed by atoms with Crippen LogP contribution in [0.15, 0.2) is 0 Å². The maximum Gasteiger partial charge on any atom is 0.306 e. The number of ether oxygens (including phenoxy) is 1. The molecule has 0 saturated carbocycles. The van der Waals surface area contributed by atoms with Gasteiger partial charge < -0.3 is 4.74 Å². The lowest BCUT2D eigenvalue weighted by Gasteiger charge is -1.94. The third-order valence-electron chi connectivity index (χ3n) is 0.821. The van der Waals surface area contributed by atoms with E-state index in [1.165, 1.54) is 7.11 Å². The van der Waals surface area contributed by atoms with E-state index in [0.29, 0.717) is 5.75 Å². The minimum absolute atomic E-state index is 0.250. The summed E-state index contributed by atoms with van der Waals surface area (Å²) >= 11 is 0. The van der Waals surface area contributed by atoms with Crippen LogP contribution in [0.4, 0.5) is 0 Å². The Morgan fingerprint density at radius 3 is 2.56 bits per heavy atom. The first-order valence-corrected chi connectivity index (χ1v) is 4.26. The van der Waals surface area contributed by atoms with Crippen LogP contribution in [0.5, 0.6) is 0 Å². The Hall–Kier alpha value is -0.380. The van der Waals surface area contributed by atoms with Crippen molar-refractivity contribution in [2.45, 2.75) is 6.42 Å². The molecule has 3 nitrogen and oxygen atoms in total. The van der Waals surface area contributed by atoms with Gasteiger partial charge in [0, 0.05) is 22.8 Å². The molecule has 0 aliphatic rings. The van der Waals surface area contributed by atoms with Crippen LogP contribution in [-0.2, 0) is 20.3 Å². The van der Waals surface area contributed by atoms with Crippen LogP contribution < -0.4 is 0 Å². The summed E-state index contributed by atoms with van der Waals surface area (Å²) in [6.45, 7) is 0. The Kier molecular flexibility index (Phi) is 4.30. The highest BCUT2D eigenvalue weighted by molar-refractivity contribution is 7.84. The van der Waals surface area contributed by atoms with Gasteiger partial charge in [-0.2, -0.15) is 0 Å². The summed E-state index contributed by atoms with van der Waals surface area (Å²) in [6, 6.07) is 0. The van der Waals surface area contributed by atoms with Gasteiger partial charge in [-0.05, 0) is 0 Å². The van der Waals surface area contributed by atoms with E-state index < -0.39 is 10.8 Å². The zero-order chi connectivity index (χ0) is 7.28. The van der Waals surface area contributed by atoms with Crippen LogP contribution in [0, 0.1) is 0 Å². The molecule has 0 aliphatic heterocycles. The summed E-state index contributed by atoms with van der Waals surface area (Å²) in [5, 5.41) is 0. The zero-order valence-electron chi connectivity index (χ0n) is 5.55. The van der Waals surface area contributed by atoms with Crippen molar-refractivity contribution in [3.63, 3.8) is 0 Å². The maximum absolute atomic E-state index is 10.4. The van der Waals surface area contributed by atoms with Gasteiger partial charge in [-0.25, -0.2) is 0 Å². The molecule has 0 fully saturated rings. The number of hydrogen-bond acceptors (Lipinski definition) is 3. The second kappa shape index (κ2) is 4.49. The van der Waals surface area contributed by atoms with Crippen LogP contribution in [0.2, 0.25) is 0 Å². The summed E-state index contributed by atoms with van der Waals surface area (Å²) < 4.78 is 14.7. The lowest BCUT2D eigenvalue weighted by atomic mass is 10.5. The standard InChI is InChI=1S/C5H10O3S/c1-8-5(6)3-4-9(2)7/h3-4H2,1-2H3. The van der Waals surface area contributed by atoms with E-state index in [9.17, 15) is 9.00 Å². The van der Waals surface area contributed by atoms with Crippen molar-refractivity contribution in [2.24, 2.45) is 0 Å². The number of carbonyl (C=O) groups is 1. The van der Waals surface area contributed by atoms with Crippen LogP contribution >= 0.6 is 0 Å². The molecule has 0 heterocycles. The van der Waals surface area contributed by atoms with Gasteiger partial charge >= 0.3 is 5.97 Å². The molecule has 0 bridgehead atoms. The van der Waals surface area contributed by atoms with Crippen LogP contribution in [0.25, 0.3) is 0 Å². The minimum Gasteiger partial charge on any atom is -0.469 e. The average Bonchev–Trinajstić information content (AvgIpc) is 1.83. The second-order valence-corrected chi connectivity index (χ2v) is 3.16. The fourth-order valence-electron chi connectivity index (χ4n) is 0.329. The van der Waals surface area contributed by atoms with Gasteiger partial charge in [-0.1, -0.05) is 0 Å². The molecule has 0 saturated heterocycles. The molecule has 0 aromatic rings. The summed E-state index contributed by atoms with van der Waals surface area (Å²) in [5.41, 5.74) is 0. The topological polar surface area (TPSA) is 43.4 Å². The van der Waals surface area contributed by atoms with Crippen molar-refractivity contribution in [3.05, 3.63) is 0 Å². The Bertz CT molecular complexity index is 121. The first-order chi connectivity index (χ1) is 4.16. The van der Waals surface area contributed by atoms with Crippen LogP contribution in [0.3, 0.4) is 0 Å². The maximum atomic E-state index is 10.4. The first kappa shape index (κ1) is 8.62. The van der Waals surface area contributed by atoms with Crippen molar-refractivity contribution < 1.29 is 13.7 Å². The largest absolute Gasteiger partial charge is 0.469 e. The second-order valence-electron chi connectivity index (χ2n) is 1.60. The first-order valence-electron chi connectivity index (χ1n) is 2.53. The van der Waals surface area contributed by atoms with Gasteiger partial charge in [0.15, 0.2) is 0 Å². The number of esters is 1. The zero-order valence-corrected chi connectivity index (χ0v) is 6.36. The third kappa shape index (κ3) is 5.49. The number of rotatable bonds is 3. The molecule has 9 heavy (non-hydrogen) atoms. The van der Waals surface area contributed by atoms with Gasteiger partial charge in [-0.3, -0.25) is 9.00 Å². The highest BCUT2D eigenvalue weighted by Gasteiger charge is 1.99. The molecule has 0 radical (unpaired) electrons. The van der Waals surface area contributed by atoms with Gasteiger partial charge in [0.05, 0.1) is 13.5 Å². The third-order valence-corrected chi connectivity index (χ3v) is 1.60. The van der Waals surface area contributed by atoms with Gasteiger partial charge in [-0.15, -0.1) is 0 Å². The van der Waals surface area contributed by atoms with Gasteiger partial charge in [0.1, 0.15) is 0 Å². The molecular weight excluding hydrogens is 140 g/mol. The van der Waals surface area contributed by atoms with Crippen molar-refractivity contribution in [1.29, 1.82) is 0 Å². The van der Waals surface area contributed by atoms with Crippen molar-refractivity contribution in [1.82, 2.24) is 0 Å². The van der Waals surface area contributed by atoms with E-state index in [1.54, 1.807) is 6.26 Å². The fraction of sp³-hybridized carbons (Fsp3) is 0.800. The van der Waals surface area contributed by atoms with E-state index in [-0.39, 0.29) is 12.4 Å². The quantitative estimate of drug-likeness (QED) is 0.529. The molecule has 54 valence electrons. The summed E-state index contributed by atoms with van der Waals surface area (Å²) in [7, 11) is 0.432. The molecule has 1 atom stereocenters. The van der Waals surface area contributed by atoms with Gasteiger partial charge in [0.2, 0.25) is 0 Å². The SMILES string of the molecule is COC(=O)CCS(C)=O. The smallest absolute Gasteiger partial charge is 0.306 e. The van der Waals surface area contributed by atoms with E-state index in [0.717, 1.165) is 0 Å². The van der Waals surface area contributed by atoms with Crippen LogP contribution in [0.1, 0.15) is 6.42 Å². The highest BCUT2D eigenvalue weighted by atomic mass is 32.2. The van der Waals surface area contributed by atoms with E-state index in [1.807, 2.05) is 0 Å². The summed E-state index contributed by atoms with van der Waals surface area (Å²) in [6.07, 6.45) is 1.81. The van der Waals surface area contributed by atoms with E-state index in [4.69, 9.17) is 0 Å². The Morgan fingerprint density at radius 2 is 2.22 bits per heavy atom. The predicted molar refractivity (Wildman–Crippen MR) is 35.6 cm³/mol. The molecule has 0 spiro atoms. The molecule has 0 amide bonds. The molecule has 4 heteroatoms.